The van der Waals surface area contributed by atoms with E-state index in [1.807, 2.05) is 54.6 Å². The second-order valence-corrected chi connectivity index (χ2v) is 7.24. The van der Waals surface area contributed by atoms with E-state index in [0.717, 1.165) is 33.1 Å². The van der Waals surface area contributed by atoms with Gasteiger partial charge in [-0.1, -0.05) is 36.4 Å². The predicted octanol–water partition coefficient (Wildman–Crippen LogP) is 4.08. The van der Waals surface area contributed by atoms with Crippen LogP contribution < -0.4 is 10.5 Å². The number of nitrogens with zero attached hydrogens (tertiary/aromatic N) is 5. The summed E-state index contributed by atoms with van der Waals surface area (Å²) in [5, 5.41) is 15.5. The molecular weight excluding hydrogens is 390 g/mol. The monoisotopic (exact) mass is 407 g/mol. The van der Waals surface area contributed by atoms with Crippen LogP contribution in [0.15, 0.2) is 66.7 Å². The van der Waals surface area contributed by atoms with Gasteiger partial charge in [0.05, 0.1) is 23.8 Å². The van der Waals surface area contributed by atoms with Gasteiger partial charge in [0, 0.05) is 11.6 Å². The third-order valence-corrected chi connectivity index (χ3v) is 5.37. The number of methoxy groups -OCH3 is 1. The van der Waals surface area contributed by atoms with E-state index in [9.17, 15) is 0 Å². The summed E-state index contributed by atoms with van der Waals surface area (Å²) < 4.78 is 7.21. The van der Waals surface area contributed by atoms with E-state index in [-0.39, 0.29) is 0 Å². The zero-order valence-electron chi connectivity index (χ0n) is 16.6. The summed E-state index contributed by atoms with van der Waals surface area (Å²) >= 11 is 0. The number of para-hydroxylation sites is 2. The van der Waals surface area contributed by atoms with E-state index in [2.05, 4.69) is 32.3 Å². The molecule has 0 aliphatic rings. The maximum Gasteiger partial charge on any atom is 0.180 e. The molecule has 3 N–H and O–H groups in total. The van der Waals surface area contributed by atoms with Crippen molar-refractivity contribution in [3.05, 3.63) is 66.7 Å². The first-order valence-corrected chi connectivity index (χ1v) is 9.75. The first-order chi connectivity index (χ1) is 15.2. The van der Waals surface area contributed by atoms with E-state index in [0.29, 0.717) is 28.7 Å². The molecule has 8 heteroatoms. The Labute approximate surface area is 176 Å². The molecule has 0 saturated carbocycles. The smallest absolute Gasteiger partial charge is 0.180 e. The normalized spacial score (nSPS) is 11.5. The minimum atomic E-state index is 0.357. The Hall–Kier alpha value is -4.46. The van der Waals surface area contributed by atoms with Gasteiger partial charge >= 0.3 is 0 Å². The number of anilines is 1. The molecule has 0 amide bonds. The lowest BCUT2D eigenvalue weighted by atomic mass is 10.0. The molecule has 0 unspecified atom stereocenters. The van der Waals surface area contributed by atoms with Gasteiger partial charge in [0.2, 0.25) is 0 Å². The van der Waals surface area contributed by atoms with Crippen molar-refractivity contribution in [3.8, 4) is 28.5 Å². The molecule has 0 saturated heterocycles. The van der Waals surface area contributed by atoms with Crippen LogP contribution in [0.3, 0.4) is 0 Å². The van der Waals surface area contributed by atoms with Gasteiger partial charge in [0.25, 0.3) is 0 Å². The summed E-state index contributed by atoms with van der Waals surface area (Å²) in [5.41, 5.74) is 10.7. The highest BCUT2D eigenvalue weighted by atomic mass is 16.5. The van der Waals surface area contributed by atoms with Crippen molar-refractivity contribution in [2.45, 2.75) is 0 Å². The van der Waals surface area contributed by atoms with Crippen LogP contribution in [-0.4, -0.2) is 36.9 Å². The van der Waals surface area contributed by atoms with Gasteiger partial charge in [-0.25, -0.2) is 4.98 Å². The summed E-state index contributed by atoms with van der Waals surface area (Å²) in [6, 6.07) is 21.8. The Morgan fingerprint density at radius 1 is 0.935 bits per heavy atom. The van der Waals surface area contributed by atoms with Gasteiger partial charge < -0.3 is 15.5 Å². The SMILES string of the molecule is COc1cc2ccccc2cc1-c1cc2nnc(-c3nc4ccccc4[nH]3)c(N)n2n1. The highest BCUT2D eigenvalue weighted by Gasteiger charge is 2.18. The van der Waals surface area contributed by atoms with Crippen LogP contribution in [0.5, 0.6) is 5.75 Å². The molecule has 0 aliphatic carbocycles. The molecule has 6 aromatic rings. The van der Waals surface area contributed by atoms with Crippen molar-refractivity contribution >= 4 is 33.3 Å². The van der Waals surface area contributed by atoms with Crippen molar-refractivity contribution in [1.82, 2.24) is 29.8 Å². The van der Waals surface area contributed by atoms with Gasteiger partial charge in [-0.05, 0) is 35.0 Å². The first-order valence-electron chi connectivity index (χ1n) is 9.75. The Kier molecular flexibility index (Phi) is 3.66. The van der Waals surface area contributed by atoms with Crippen molar-refractivity contribution in [2.24, 2.45) is 0 Å². The van der Waals surface area contributed by atoms with Gasteiger partial charge in [0.15, 0.2) is 23.0 Å². The molecule has 3 aromatic heterocycles. The fourth-order valence-corrected chi connectivity index (χ4v) is 3.83. The van der Waals surface area contributed by atoms with Gasteiger partial charge in [0.1, 0.15) is 5.75 Å². The summed E-state index contributed by atoms with van der Waals surface area (Å²) in [4.78, 5) is 7.82. The van der Waals surface area contributed by atoms with Crippen molar-refractivity contribution in [3.63, 3.8) is 0 Å². The van der Waals surface area contributed by atoms with Crippen LogP contribution in [0, 0.1) is 0 Å². The number of aromatic amines is 1. The summed E-state index contributed by atoms with van der Waals surface area (Å²) in [6.07, 6.45) is 0. The summed E-state index contributed by atoms with van der Waals surface area (Å²) in [5.74, 6) is 1.63. The quantitative estimate of drug-likeness (QED) is 0.458. The van der Waals surface area contributed by atoms with Crippen LogP contribution in [0.1, 0.15) is 0 Å². The minimum Gasteiger partial charge on any atom is -0.496 e. The molecular formula is C23H17N7O. The molecule has 0 bridgehead atoms. The lowest BCUT2D eigenvalue weighted by molar-refractivity contribution is 0.417. The van der Waals surface area contributed by atoms with Crippen LogP contribution in [0.2, 0.25) is 0 Å². The third kappa shape index (κ3) is 2.69. The van der Waals surface area contributed by atoms with Crippen LogP contribution >= 0.6 is 0 Å². The highest BCUT2D eigenvalue weighted by molar-refractivity contribution is 5.90. The van der Waals surface area contributed by atoms with E-state index >= 15 is 0 Å². The Morgan fingerprint density at radius 3 is 2.52 bits per heavy atom. The van der Waals surface area contributed by atoms with Crippen LogP contribution in [0.25, 0.3) is 50.2 Å². The number of aromatic nitrogens is 6. The van der Waals surface area contributed by atoms with Gasteiger partial charge in [-0.15, -0.1) is 10.2 Å². The van der Waals surface area contributed by atoms with Gasteiger partial charge in [-0.2, -0.15) is 9.61 Å². The molecule has 8 nitrogen and oxygen atoms in total. The lowest BCUT2D eigenvalue weighted by Gasteiger charge is -2.08. The molecule has 0 atom stereocenters. The number of imidazole rings is 1. The molecule has 0 fully saturated rings. The fourth-order valence-electron chi connectivity index (χ4n) is 3.83. The van der Waals surface area contributed by atoms with E-state index < -0.39 is 0 Å². The van der Waals surface area contributed by atoms with Crippen molar-refractivity contribution < 1.29 is 4.74 Å². The minimum absolute atomic E-state index is 0.357. The highest BCUT2D eigenvalue weighted by Crippen LogP contribution is 2.34. The largest absolute Gasteiger partial charge is 0.496 e. The number of fused-ring (bicyclic) bond motifs is 3. The van der Waals surface area contributed by atoms with E-state index in [1.165, 1.54) is 0 Å². The zero-order chi connectivity index (χ0) is 20.9. The second kappa shape index (κ2) is 6.53. The van der Waals surface area contributed by atoms with Gasteiger partial charge in [-0.3, -0.25) is 0 Å². The number of rotatable bonds is 3. The maximum atomic E-state index is 6.43. The van der Waals surface area contributed by atoms with Crippen LogP contribution in [-0.2, 0) is 0 Å². The van der Waals surface area contributed by atoms with Crippen molar-refractivity contribution in [2.75, 3.05) is 12.8 Å². The fraction of sp³-hybridized carbons (Fsp3) is 0.0435. The number of hydrogen-bond acceptors (Lipinski definition) is 6. The molecule has 150 valence electrons. The number of H-pyrrole nitrogens is 1. The van der Waals surface area contributed by atoms with E-state index in [1.54, 1.807) is 11.6 Å². The number of ether oxygens (including phenoxy) is 1. The summed E-state index contributed by atoms with van der Waals surface area (Å²) in [6.45, 7) is 0. The third-order valence-electron chi connectivity index (χ3n) is 5.37. The first kappa shape index (κ1) is 17.4. The molecule has 0 spiro atoms. The Balaban J connectivity index is 1.52. The average molecular weight is 407 g/mol. The molecule has 3 aromatic carbocycles. The molecule has 6 rings (SSSR count). The maximum absolute atomic E-state index is 6.43. The number of nitrogens with one attached hydrogen (secondary N) is 1. The standard InChI is InChI=1S/C23H17N7O/c1-31-19-11-14-7-3-2-6-13(14)10-15(19)18-12-20-27-28-21(22(24)30(20)29-18)23-25-16-8-4-5-9-17(16)26-23/h2-12H,24H2,1H3,(H,25,26). The average Bonchev–Trinajstić information content (AvgIpc) is 3.43. The number of nitrogens with two attached hydrogens (primary N) is 1. The Bertz CT molecular complexity index is 1570. The van der Waals surface area contributed by atoms with Crippen molar-refractivity contribution in [1.29, 1.82) is 0 Å². The van der Waals surface area contributed by atoms with Crippen LogP contribution in [0.4, 0.5) is 5.82 Å². The Morgan fingerprint density at radius 2 is 1.71 bits per heavy atom. The number of benzene rings is 3. The molecule has 3 heterocycles. The molecule has 0 radical (unpaired) electrons. The molecule has 31 heavy (non-hydrogen) atoms. The zero-order valence-corrected chi connectivity index (χ0v) is 16.6. The molecule has 0 aliphatic heterocycles. The predicted molar refractivity (Wildman–Crippen MR) is 120 cm³/mol. The topological polar surface area (TPSA) is 107 Å². The van der Waals surface area contributed by atoms with E-state index in [4.69, 9.17) is 15.6 Å². The summed E-state index contributed by atoms with van der Waals surface area (Å²) in [7, 11) is 1.65. The number of nitrogen functional groups attached to an aromatic ring is 1. The second-order valence-electron chi connectivity index (χ2n) is 7.24. The lowest BCUT2D eigenvalue weighted by Crippen LogP contribution is -2.06. The number of hydrogen-bond donors (Lipinski definition) is 2.